The number of carbonyl (C=O) groups excluding carboxylic acids is 1. The van der Waals surface area contributed by atoms with Gasteiger partial charge in [-0.25, -0.2) is 0 Å². The SMILES string of the molecule is COc1cc2c(Oc3ccc(C)cc3C(=O)c3ccccc3)ccnc2cc1OCCCCc1cc(CCO)c[nH]1. The molecule has 210 valence electrons. The number of aliphatic hydroxyl groups is 1. The van der Waals surface area contributed by atoms with E-state index in [1.807, 2.05) is 61.7 Å². The van der Waals surface area contributed by atoms with Crippen molar-refractivity contribution in [1.82, 2.24) is 9.97 Å². The molecule has 2 N–H and O–H groups in total. The fraction of sp³-hybridized carbons (Fsp3) is 0.235. The number of aromatic nitrogens is 2. The minimum atomic E-state index is -0.0993. The van der Waals surface area contributed by atoms with Crippen LogP contribution in [0.3, 0.4) is 0 Å². The van der Waals surface area contributed by atoms with Gasteiger partial charge in [0.05, 0.1) is 24.8 Å². The number of unbranched alkanes of at least 4 members (excludes halogenated alkanes) is 1. The molecule has 2 heterocycles. The fourth-order valence-corrected chi connectivity index (χ4v) is 4.77. The quantitative estimate of drug-likeness (QED) is 0.123. The standard InChI is InChI=1S/C34H34N2O5/c1-23-11-12-30(28(18-23)34(38)25-8-4-3-5-9-25)41-31-13-15-35-29-21-33(32(39-2)20-27(29)31)40-17-7-6-10-26-19-24(14-16-37)22-36-26/h3-5,8-9,11-13,15,18-22,36-37H,6-7,10,14,16-17H2,1-2H3. The van der Waals surface area contributed by atoms with Gasteiger partial charge in [0.1, 0.15) is 11.5 Å². The highest BCUT2D eigenvalue weighted by atomic mass is 16.5. The van der Waals surface area contributed by atoms with E-state index in [0.29, 0.717) is 52.7 Å². The smallest absolute Gasteiger partial charge is 0.196 e. The number of pyridine rings is 1. The Balaban J connectivity index is 1.31. The summed E-state index contributed by atoms with van der Waals surface area (Å²) in [5, 5.41) is 9.84. The van der Waals surface area contributed by atoms with Crippen molar-refractivity contribution in [3.63, 3.8) is 0 Å². The number of rotatable bonds is 13. The Labute approximate surface area is 239 Å². The number of ether oxygens (including phenoxy) is 3. The summed E-state index contributed by atoms with van der Waals surface area (Å²) in [6.45, 7) is 2.65. The molecule has 7 nitrogen and oxygen atoms in total. The van der Waals surface area contributed by atoms with Crippen molar-refractivity contribution in [2.75, 3.05) is 20.3 Å². The summed E-state index contributed by atoms with van der Waals surface area (Å²) >= 11 is 0. The van der Waals surface area contributed by atoms with E-state index in [1.54, 1.807) is 31.5 Å². The molecule has 0 spiro atoms. The van der Waals surface area contributed by atoms with Gasteiger partial charge in [0.15, 0.2) is 17.3 Å². The molecule has 0 aliphatic rings. The molecule has 7 heteroatoms. The zero-order chi connectivity index (χ0) is 28.6. The fourth-order valence-electron chi connectivity index (χ4n) is 4.77. The van der Waals surface area contributed by atoms with Crippen LogP contribution in [0.5, 0.6) is 23.0 Å². The Morgan fingerprint density at radius 1 is 0.902 bits per heavy atom. The number of ketones is 1. The molecule has 0 bridgehead atoms. The van der Waals surface area contributed by atoms with Gasteiger partial charge in [0, 0.05) is 41.7 Å². The third-order valence-electron chi connectivity index (χ3n) is 6.92. The summed E-state index contributed by atoms with van der Waals surface area (Å²) in [4.78, 5) is 21.1. The third-order valence-corrected chi connectivity index (χ3v) is 6.92. The maximum atomic E-state index is 13.3. The van der Waals surface area contributed by atoms with Crippen molar-refractivity contribution < 1.29 is 24.1 Å². The number of benzene rings is 3. The van der Waals surface area contributed by atoms with E-state index >= 15 is 0 Å². The van der Waals surface area contributed by atoms with Crippen LogP contribution in [-0.2, 0) is 12.8 Å². The first-order valence-corrected chi connectivity index (χ1v) is 13.8. The Morgan fingerprint density at radius 3 is 2.56 bits per heavy atom. The molecule has 5 rings (SSSR count). The number of H-pyrrole nitrogens is 1. The van der Waals surface area contributed by atoms with Crippen LogP contribution in [0.2, 0.25) is 0 Å². The van der Waals surface area contributed by atoms with Crippen molar-refractivity contribution in [2.24, 2.45) is 0 Å². The highest BCUT2D eigenvalue weighted by Gasteiger charge is 2.18. The predicted molar refractivity (Wildman–Crippen MR) is 159 cm³/mol. The number of aryl methyl sites for hydroxylation is 2. The summed E-state index contributed by atoms with van der Waals surface area (Å²) in [5.74, 6) is 2.14. The van der Waals surface area contributed by atoms with Crippen LogP contribution in [0.1, 0.15) is 45.6 Å². The highest BCUT2D eigenvalue weighted by Crippen LogP contribution is 2.38. The highest BCUT2D eigenvalue weighted by molar-refractivity contribution is 6.11. The summed E-state index contributed by atoms with van der Waals surface area (Å²) in [6.07, 6.45) is 7.05. The lowest BCUT2D eigenvalue weighted by Crippen LogP contribution is -2.04. The second-order valence-electron chi connectivity index (χ2n) is 9.94. The van der Waals surface area contributed by atoms with Gasteiger partial charge in [-0.3, -0.25) is 9.78 Å². The molecule has 0 radical (unpaired) electrons. The molecule has 41 heavy (non-hydrogen) atoms. The number of carbonyl (C=O) groups is 1. The van der Waals surface area contributed by atoms with Gasteiger partial charge in [0.25, 0.3) is 0 Å². The summed E-state index contributed by atoms with van der Waals surface area (Å²) in [7, 11) is 1.61. The largest absolute Gasteiger partial charge is 0.493 e. The lowest BCUT2D eigenvalue weighted by Gasteiger charge is -2.15. The van der Waals surface area contributed by atoms with Crippen molar-refractivity contribution in [1.29, 1.82) is 0 Å². The molecular formula is C34H34N2O5. The van der Waals surface area contributed by atoms with Gasteiger partial charge in [-0.1, -0.05) is 42.0 Å². The van der Waals surface area contributed by atoms with E-state index in [4.69, 9.17) is 19.3 Å². The molecule has 0 aliphatic carbocycles. The average Bonchev–Trinajstić information content (AvgIpc) is 3.45. The molecular weight excluding hydrogens is 516 g/mol. The van der Waals surface area contributed by atoms with Crippen LogP contribution in [0.4, 0.5) is 0 Å². The Hall–Kier alpha value is -4.62. The molecule has 0 unspecified atom stereocenters. The number of aliphatic hydroxyl groups excluding tert-OH is 1. The first-order chi connectivity index (χ1) is 20.1. The molecule has 3 aromatic carbocycles. The average molecular weight is 551 g/mol. The van der Waals surface area contributed by atoms with Gasteiger partial charge in [0.2, 0.25) is 0 Å². The van der Waals surface area contributed by atoms with E-state index in [-0.39, 0.29) is 12.4 Å². The first kappa shape index (κ1) is 27.9. The third kappa shape index (κ3) is 6.76. The second kappa shape index (κ2) is 13.2. The first-order valence-electron chi connectivity index (χ1n) is 13.8. The minimum absolute atomic E-state index is 0.0993. The van der Waals surface area contributed by atoms with Crippen molar-refractivity contribution in [2.45, 2.75) is 32.6 Å². The van der Waals surface area contributed by atoms with E-state index < -0.39 is 0 Å². The van der Waals surface area contributed by atoms with E-state index in [0.717, 1.165) is 41.5 Å². The molecule has 0 fully saturated rings. The van der Waals surface area contributed by atoms with Gasteiger partial charge in [-0.2, -0.15) is 0 Å². The number of fused-ring (bicyclic) bond motifs is 1. The minimum Gasteiger partial charge on any atom is -0.493 e. The zero-order valence-corrected chi connectivity index (χ0v) is 23.4. The summed E-state index contributed by atoms with van der Waals surface area (Å²) in [5.41, 5.74) is 5.05. The van der Waals surface area contributed by atoms with Crippen molar-refractivity contribution >= 4 is 16.7 Å². The number of aromatic amines is 1. The van der Waals surface area contributed by atoms with E-state index in [2.05, 4.69) is 16.0 Å². The van der Waals surface area contributed by atoms with Crippen LogP contribution < -0.4 is 14.2 Å². The number of hydrogen-bond donors (Lipinski definition) is 2. The topological polar surface area (TPSA) is 93.7 Å². The number of hydrogen-bond acceptors (Lipinski definition) is 6. The van der Waals surface area contributed by atoms with Crippen LogP contribution in [0.15, 0.2) is 85.2 Å². The van der Waals surface area contributed by atoms with Crippen LogP contribution >= 0.6 is 0 Å². The Kier molecular flexibility index (Phi) is 8.96. The maximum absolute atomic E-state index is 13.3. The van der Waals surface area contributed by atoms with Crippen LogP contribution in [0.25, 0.3) is 10.9 Å². The molecule has 0 atom stereocenters. The molecule has 0 saturated carbocycles. The van der Waals surface area contributed by atoms with E-state index in [9.17, 15) is 4.79 Å². The monoisotopic (exact) mass is 550 g/mol. The van der Waals surface area contributed by atoms with Crippen molar-refractivity contribution in [3.05, 3.63) is 113 Å². The number of nitrogens with one attached hydrogen (secondary N) is 1. The molecule has 5 aromatic rings. The summed E-state index contributed by atoms with van der Waals surface area (Å²) < 4.78 is 18.1. The maximum Gasteiger partial charge on any atom is 0.196 e. The summed E-state index contributed by atoms with van der Waals surface area (Å²) in [6, 6.07) is 22.4. The molecule has 0 amide bonds. The van der Waals surface area contributed by atoms with Crippen molar-refractivity contribution in [3.8, 4) is 23.0 Å². The van der Waals surface area contributed by atoms with Gasteiger partial charge in [-0.15, -0.1) is 0 Å². The van der Waals surface area contributed by atoms with Gasteiger partial charge < -0.3 is 24.3 Å². The van der Waals surface area contributed by atoms with Gasteiger partial charge >= 0.3 is 0 Å². The Morgan fingerprint density at radius 2 is 1.76 bits per heavy atom. The Bertz CT molecular complexity index is 1630. The normalized spacial score (nSPS) is 11.0. The molecule has 0 aliphatic heterocycles. The molecule has 0 saturated heterocycles. The predicted octanol–water partition coefficient (Wildman–Crippen LogP) is 6.84. The molecule has 2 aromatic heterocycles. The zero-order valence-electron chi connectivity index (χ0n) is 23.4. The second-order valence-corrected chi connectivity index (χ2v) is 9.94. The van der Waals surface area contributed by atoms with Crippen LogP contribution in [0, 0.1) is 6.92 Å². The number of methoxy groups -OCH3 is 1. The van der Waals surface area contributed by atoms with E-state index in [1.165, 1.54) is 0 Å². The van der Waals surface area contributed by atoms with Gasteiger partial charge in [-0.05, 0) is 68.5 Å². The lowest BCUT2D eigenvalue weighted by molar-refractivity contribution is 0.103. The number of nitrogens with zero attached hydrogens (tertiary/aromatic N) is 1. The van der Waals surface area contributed by atoms with Crippen LogP contribution in [-0.4, -0.2) is 41.2 Å². The lowest BCUT2D eigenvalue weighted by atomic mass is 10.0.